The third-order valence-corrected chi connectivity index (χ3v) is 4.32. The first kappa shape index (κ1) is 16.2. The highest BCUT2D eigenvalue weighted by Gasteiger charge is 2.31. The summed E-state index contributed by atoms with van der Waals surface area (Å²) in [6.45, 7) is 1.24. The first-order valence-corrected chi connectivity index (χ1v) is 7.95. The number of methoxy groups -OCH3 is 2. The Bertz CT molecular complexity index is 689. The summed E-state index contributed by atoms with van der Waals surface area (Å²) >= 11 is 0. The molecule has 1 amide bonds. The lowest BCUT2D eigenvalue weighted by Crippen LogP contribution is -2.31. The minimum atomic E-state index is 0.0345. The highest BCUT2D eigenvalue weighted by molar-refractivity contribution is 5.77. The van der Waals surface area contributed by atoms with Gasteiger partial charge in [0.1, 0.15) is 17.8 Å². The fourth-order valence-electron chi connectivity index (χ4n) is 3.12. The van der Waals surface area contributed by atoms with Gasteiger partial charge in [0.2, 0.25) is 5.91 Å². The average Bonchev–Trinajstić information content (AvgIpc) is 3.30. The fourth-order valence-corrected chi connectivity index (χ4v) is 3.12. The summed E-state index contributed by atoms with van der Waals surface area (Å²) in [6, 6.07) is 5.78. The zero-order valence-electron chi connectivity index (χ0n) is 13.9. The van der Waals surface area contributed by atoms with E-state index in [2.05, 4.69) is 15.5 Å². The molecule has 1 saturated heterocycles. The van der Waals surface area contributed by atoms with Crippen LogP contribution in [0.2, 0.25) is 0 Å². The molecule has 0 radical (unpaired) electrons. The lowest BCUT2D eigenvalue weighted by molar-refractivity contribution is -0.132. The van der Waals surface area contributed by atoms with Gasteiger partial charge < -0.3 is 14.4 Å². The summed E-state index contributed by atoms with van der Waals surface area (Å²) < 4.78 is 12.3. The monoisotopic (exact) mass is 331 g/mol. The van der Waals surface area contributed by atoms with Gasteiger partial charge in [-0.15, -0.1) is 5.10 Å². The van der Waals surface area contributed by atoms with Crippen LogP contribution >= 0.6 is 0 Å². The van der Waals surface area contributed by atoms with Crippen molar-refractivity contribution >= 4 is 5.91 Å². The number of hydrogen-bond acceptors (Lipinski definition) is 6. The molecule has 2 heterocycles. The highest BCUT2D eigenvalue weighted by atomic mass is 16.5. The summed E-state index contributed by atoms with van der Waals surface area (Å²) in [7, 11) is 3.26. The first-order chi connectivity index (χ1) is 11.7. The predicted molar refractivity (Wildman–Crippen MR) is 85.7 cm³/mol. The van der Waals surface area contributed by atoms with Gasteiger partial charge in [-0.1, -0.05) is 0 Å². The van der Waals surface area contributed by atoms with Crippen molar-refractivity contribution in [1.82, 2.24) is 25.1 Å². The van der Waals surface area contributed by atoms with Crippen molar-refractivity contribution in [1.29, 1.82) is 0 Å². The molecule has 3 rings (SSSR count). The summed E-state index contributed by atoms with van der Waals surface area (Å²) in [6.07, 6.45) is 3.80. The summed E-state index contributed by atoms with van der Waals surface area (Å²) in [4.78, 5) is 14.6. The van der Waals surface area contributed by atoms with Crippen LogP contribution in [-0.2, 0) is 11.3 Å². The molecule has 1 aliphatic heterocycles. The van der Waals surface area contributed by atoms with Crippen LogP contribution < -0.4 is 9.47 Å². The third kappa shape index (κ3) is 3.32. The van der Waals surface area contributed by atoms with Gasteiger partial charge in [-0.3, -0.25) is 4.79 Å². The van der Waals surface area contributed by atoms with Gasteiger partial charge >= 0.3 is 0 Å². The van der Waals surface area contributed by atoms with Crippen LogP contribution in [0.1, 0.15) is 30.9 Å². The molecule has 2 aromatic rings. The molecule has 1 aromatic heterocycles. The topological polar surface area (TPSA) is 82.4 Å². The SMILES string of the molecule is COc1ccc([C@@H]2CCCN2C(=O)CCn2cnnn2)c(OC)c1. The van der Waals surface area contributed by atoms with Crippen LogP contribution in [0, 0.1) is 0 Å². The van der Waals surface area contributed by atoms with Gasteiger partial charge in [-0.2, -0.15) is 0 Å². The molecule has 1 aliphatic rings. The predicted octanol–water partition coefficient (Wildman–Crippen LogP) is 1.44. The number of aromatic nitrogens is 4. The number of hydrogen-bond donors (Lipinski definition) is 0. The van der Waals surface area contributed by atoms with Crippen molar-refractivity contribution in [2.75, 3.05) is 20.8 Å². The second-order valence-corrected chi connectivity index (χ2v) is 5.68. The van der Waals surface area contributed by atoms with E-state index in [4.69, 9.17) is 9.47 Å². The minimum absolute atomic E-state index is 0.0345. The standard InChI is InChI=1S/C16H21N5O3/c1-23-12-5-6-13(15(10-12)24-2)14-4-3-8-21(14)16(22)7-9-20-11-17-18-19-20/h5-6,10-11,14H,3-4,7-9H2,1-2H3/t14-/m0/s1. The van der Waals surface area contributed by atoms with Crippen LogP contribution in [0.5, 0.6) is 11.5 Å². The van der Waals surface area contributed by atoms with Crippen LogP contribution in [0.25, 0.3) is 0 Å². The molecule has 0 spiro atoms. The molecule has 1 fully saturated rings. The first-order valence-electron chi connectivity index (χ1n) is 7.95. The van der Waals surface area contributed by atoms with Gasteiger partial charge in [-0.25, -0.2) is 4.68 Å². The van der Waals surface area contributed by atoms with Crippen LogP contribution in [-0.4, -0.2) is 51.8 Å². The summed E-state index contributed by atoms with van der Waals surface area (Å²) in [5, 5.41) is 10.9. The largest absolute Gasteiger partial charge is 0.497 e. The quantitative estimate of drug-likeness (QED) is 0.797. The van der Waals surface area contributed by atoms with E-state index in [0.29, 0.717) is 13.0 Å². The maximum Gasteiger partial charge on any atom is 0.224 e. The number of nitrogens with zero attached hydrogens (tertiary/aromatic N) is 5. The molecule has 0 bridgehead atoms. The van der Waals surface area contributed by atoms with E-state index in [1.54, 1.807) is 18.9 Å². The molecule has 24 heavy (non-hydrogen) atoms. The molecule has 0 aliphatic carbocycles. The Morgan fingerprint density at radius 2 is 2.21 bits per heavy atom. The molecule has 0 unspecified atom stereocenters. The van der Waals surface area contributed by atoms with Gasteiger partial charge in [0.25, 0.3) is 0 Å². The maximum absolute atomic E-state index is 12.6. The van der Waals surface area contributed by atoms with Crippen molar-refractivity contribution < 1.29 is 14.3 Å². The number of ether oxygens (including phenoxy) is 2. The number of aryl methyl sites for hydroxylation is 1. The minimum Gasteiger partial charge on any atom is -0.497 e. The zero-order chi connectivity index (χ0) is 16.9. The average molecular weight is 331 g/mol. The third-order valence-electron chi connectivity index (χ3n) is 4.32. The van der Waals surface area contributed by atoms with Crippen LogP contribution in [0.3, 0.4) is 0 Å². The summed E-state index contributed by atoms with van der Waals surface area (Å²) in [5.74, 6) is 1.59. The molecule has 1 aromatic carbocycles. The second kappa shape index (κ2) is 7.29. The van der Waals surface area contributed by atoms with E-state index in [-0.39, 0.29) is 11.9 Å². The molecule has 128 valence electrons. The molecule has 0 saturated carbocycles. The Morgan fingerprint density at radius 1 is 1.33 bits per heavy atom. The number of likely N-dealkylation sites (tertiary alicyclic amines) is 1. The molecular weight excluding hydrogens is 310 g/mol. The number of amides is 1. The molecule has 8 heteroatoms. The zero-order valence-corrected chi connectivity index (χ0v) is 13.9. The van der Waals surface area contributed by atoms with E-state index in [1.165, 1.54) is 6.33 Å². The van der Waals surface area contributed by atoms with Gasteiger partial charge in [0.05, 0.1) is 26.8 Å². The van der Waals surface area contributed by atoms with E-state index < -0.39 is 0 Å². The molecule has 0 N–H and O–H groups in total. The maximum atomic E-state index is 12.6. The highest BCUT2D eigenvalue weighted by Crippen LogP contribution is 2.38. The number of carbonyl (C=O) groups excluding carboxylic acids is 1. The Labute approximate surface area is 140 Å². The second-order valence-electron chi connectivity index (χ2n) is 5.68. The van der Waals surface area contributed by atoms with Crippen molar-refractivity contribution in [2.45, 2.75) is 31.8 Å². The fraction of sp³-hybridized carbons (Fsp3) is 0.500. The Balaban J connectivity index is 1.74. The van der Waals surface area contributed by atoms with Gasteiger partial charge in [0.15, 0.2) is 0 Å². The normalized spacial score (nSPS) is 17.1. The Morgan fingerprint density at radius 3 is 2.92 bits per heavy atom. The van der Waals surface area contributed by atoms with Crippen molar-refractivity contribution in [3.05, 3.63) is 30.1 Å². The van der Waals surface area contributed by atoms with E-state index in [0.717, 1.165) is 36.4 Å². The van der Waals surface area contributed by atoms with Crippen molar-refractivity contribution in [3.63, 3.8) is 0 Å². The molecule has 1 atom stereocenters. The number of rotatable bonds is 6. The van der Waals surface area contributed by atoms with E-state index >= 15 is 0 Å². The van der Waals surface area contributed by atoms with Gasteiger partial charge in [-0.05, 0) is 35.4 Å². The molecular formula is C16H21N5O3. The number of benzene rings is 1. The Hall–Kier alpha value is -2.64. The summed E-state index contributed by atoms with van der Waals surface area (Å²) in [5.41, 5.74) is 1.02. The number of tetrazole rings is 1. The van der Waals surface area contributed by atoms with Crippen LogP contribution in [0.4, 0.5) is 0 Å². The Kier molecular flexibility index (Phi) is 4.93. The lowest BCUT2D eigenvalue weighted by Gasteiger charge is -2.26. The molecule has 8 nitrogen and oxygen atoms in total. The van der Waals surface area contributed by atoms with E-state index in [9.17, 15) is 4.79 Å². The van der Waals surface area contributed by atoms with Crippen molar-refractivity contribution in [2.24, 2.45) is 0 Å². The van der Waals surface area contributed by atoms with Crippen molar-refractivity contribution in [3.8, 4) is 11.5 Å². The van der Waals surface area contributed by atoms with E-state index in [1.807, 2.05) is 23.1 Å². The number of carbonyl (C=O) groups is 1. The van der Waals surface area contributed by atoms with Gasteiger partial charge in [0, 0.05) is 24.6 Å². The lowest BCUT2D eigenvalue weighted by atomic mass is 10.0. The smallest absolute Gasteiger partial charge is 0.224 e. The van der Waals surface area contributed by atoms with Crippen LogP contribution in [0.15, 0.2) is 24.5 Å².